The van der Waals surface area contributed by atoms with Crippen LogP contribution in [-0.2, 0) is 5.60 Å². The first-order valence-electron chi connectivity index (χ1n) is 9.82. The molecule has 0 amide bonds. The van der Waals surface area contributed by atoms with Crippen molar-refractivity contribution >= 4 is 16.9 Å². The van der Waals surface area contributed by atoms with Crippen molar-refractivity contribution in [2.75, 3.05) is 12.4 Å². The second-order valence-corrected chi connectivity index (χ2v) is 7.60. The first kappa shape index (κ1) is 19.7. The Morgan fingerprint density at radius 1 is 1.00 bits per heavy atom. The van der Waals surface area contributed by atoms with Crippen molar-refractivity contribution < 1.29 is 9.47 Å². The quantitative estimate of drug-likeness (QED) is 0.459. The zero-order valence-electron chi connectivity index (χ0n) is 17.5. The third-order valence-electron chi connectivity index (χ3n) is 4.92. The van der Waals surface area contributed by atoms with E-state index in [-0.39, 0.29) is 6.04 Å². The van der Waals surface area contributed by atoms with Crippen molar-refractivity contribution in [1.29, 1.82) is 0 Å². The number of benzene rings is 2. The summed E-state index contributed by atoms with van der Waals surface area (Å²) in [6, 6.07) is 17.8. The van der Waals surface area contributed by atoms with E-state index < -0.39 is 5.60 Å². The first-order chi connectivity index (χ1) is 14.5. The van der Waals surface area contributed by atoms with Crippen LogP contribution in [0, 0.1) is 0 Å². The summed E-state index contributed by atoms with van der Waals surface area (Å²) in [5, 5.41) is 11.4. The molecule has 0 aliphatic carbocycles. The van der Waals surface area contributed by atoms with Crippen molar-refractivity contribution in [3.63, 3.8) is 0 Å². The van der Waals surface area contributed by atoms with Crippen LogP contribution in [-0.4, -0.2) is 27.3 Å². The van der Waals surface area contributed by atoms with Gasteiger partial charge < -0.3 is 14.8 Å². The molecule has 0 aliphatic rings. The Morgan fingerprint density at radius 2 is 1.77 bits per heavy atom. The van der Waals surface area contributed by atoms with Crippen LogP contribution in [0.2, 0.25) is 0 Å². The number of ether oxygens (including phenoxy) is 2. The lowest BCUT2D eigenvalue weighted by Gasteiger charge is -2.26. The Labute approximate surface area is 175 Å². The molecular weight excluding hydrogens is 378 g/mol. The molecule has 4 rings (SSSR count). The van der Waals surface area contributed by atoms with Gasteiger partial charge in [-0.25, -0.2) is 9.97 Å². The number of nitrogens with one attached hydrogen (secondary N) is 2. The first-order valence-corrected chi connectivity index (χ1v) is 9.82. The maximum absolute atomic E-state index is 6.23. The Balaban J connectivity index is 1.67. The number of H-pyrrole nitrogens is 1. The molecule has 7 nitrogen and oxygen atoms in total. The maximum atomic E-state index is 6.23. The SMILES string of the molecule is COc1cccc(OC(C)(C)c2nc(N[C@@H](C)c3ccccc3)c3cn[nH]c3n2)c1. The molecule has 2 N–H and O–H groups in total. The molecule has 4 aromatic rings. The van der Waals surface area contributed by atoms with E-state index in [1.54, 1.807) is 13.3 Å². The number of rotatable bonds is 7. The minimum atomic E-state index is -0.780. The van der Waals surface area contributed by atoms with E-state index in [9.17, 15) is 0 Å². The smallest absolute Gasteiger partial charge is 0.176 e. The summed E-state index contributed by atoms with van der Waals surface area (Å²) in [5.74, 6) is 2.67. The Morgan fingerprint density at radius 3 is 2.53 bits per heavy atom. The molecule has 0 saturated carbocycles. The lowest BCUT2D eigenvalue weighted by Crippen LogP contribution is -2.28. The Hall–Kier alpha value is -3.61. The van der Waals surface area contributed by atoms with E-state index >= 15 is 0 Å². The molecule has 2 aromatic heterocycles. The van der Waals surface area contributed by atoms with Crippen LogP contribution in [0.15, 0.2) is 60.8 Å². The molecule has 0 unspecified atom stereocenters. The van der Waals surface area contributed by atoms with Crippen molar-refractivity contribution in [2.45, 2.75) is 32.4 Å². The van der Waals surface area contributed by atoms with Gasteiger partial charge >= 0.3 is 0 Å². The summed E-state index contributed by atoms with van der Waals surface area (Å²) in [6.07, 6.45) is 1.73. The van der Waals surface area contributed by atoms with Crippen LogP contribution in [0.4, 0.5) is 5.82 Å². The number of aromatic nitrogens is 4. The zero-order chi connectivity index (χ0) is 21.1. The van der Waals surface area contributed by atoms with E-state index in [0.29, 0.717) is 23.0 Å². The lowest BCUT2D eigenvalue weighted by molar-refractivity contribution is 0.0986. The molecule has 0 spiro atoms. The van der Waals surface area contributed by atoms with Gasteiger partial charge in [0.05, 0.1) is 18.7 Å². The fraction of sp³-hybridized carbons (Fsp3) is 0.261. The van der Waals surface area contributed by atoms with Crippen molar-refractivity contribution in [3.8, 4) is 11.5 Å². The Kier molecular flexibility index (Phi) is 5.27. The molecule has 0 bridgehead atoms. The average molecular weight is 403 g/mol. The highest BCUT2D eigenvalue weighted by Crippen LogP contribution is 2.31. The van der Waals surface area contributed by atoms with Crippen molar-refractivity contribution in [1.82, 2.24) is 20.2 Å². The molecule has 1 atom stereocenters. The van der Waals surface area contributed by atoms with Gasteiger partial charge in [-0.05, 0) is 38.5 Å². The molecule has 0 fully saturated rings. The molecule has 2 aromatic carbocycles. The van der Waals surface area contributed by atoms with E-state index in [0.717, 1.165) is 11.1 Å². The summed E-state index contributed by atoms with van der Waals surface area (Å²) in [4.78, 5) is 9.47. The van der Waals surface area contributed by atoms with Crippen molar-refractivity contribution in [3.05, 3.63) is 72.2 Å². The number of anilines is 1. The third kappa shape index (κ3) is 4.05. The van der Waals surface area contributed by atoms with Crippen LogP contribution in [0.3, 0.4) is 0 Å². The van der Waals surface area contributed by atoms with E-state index in [1.807, 2.05) is 56.3 Å². The van der Waals surface area contributed by atoms with E-state index in [4.69, 9.17) is 14.5 Å². The van der Waals surface area contributed by atoms with Crippen LogP contribution in [0.1, 0.15) is 38.2 Å². The third-order valence-corrected chi connectivity index (χ3v) is 4.92. The van der Waals surface area contributed by atoms with Gasteiger partial charge in [0.25, 0.3) is 0 Å². The van der Waals surface area contributed by atoms with Crippen LogP contribution in [0.5, 0.6) is 11.5 Å². The maximum Gasteiger partial charge on any atom is 0.176 e. The molecule has 2 heterocycles. The number of aromatic amines is 1. The van der Waals surface area contributed by atoms with Gasteiger partial charge in [-0.3, -0.25) is 5.10 Å². The lowest BCUT2D eigenvalue weighted by atomic mass is 10.1. The molecule has 0 radical (unpaired) electrons. The number of nitrogens with zero attached hydrogens (tertiary/aromatic N) is 3. The van der Waals surface area contributed by atoms with E-state index in [1.165, 1.54) is 5.56 Å². The normalized spacial score (nSPS) is 12.5. The highest BCUT2D eigenvalue weighted by Gasteiger charge is 2.28. The molecule has 7 heteroatoms. The van der Waals surface area contributed by atoms with Gasteiger partial charge in [-0.15, -0.1) is 0 Å². The second kappa shape index (κ2) is 8.02. The van der Waals surface area contributed by atoms with Crippen molar-refractivity contribution in [2.24, 2.45) is 0 Å². The average Bonchev–Trinajstić information content (AvgIpc) is 3.23. The predicted molar refractivity (Wildman–Crippen MR) is 117 cm³/mol. The number of hydrogen-bond acceptors (Lipinski definition) is 6. The molecule has 154 valence electrons. The largest absolute Gasteiger partial charge is 0.497 e. The van der Waals surface area contributed by atoms with Gasteiger partial charge in [0.1, 0.15) is 17.3 Å². The molecule has 0 saturated heterocycles. The molecule has 30 heavy (non-hydrogen) atoms. The van der Waals surface area contributed by atoms with Gasteiger partial charge in [-0.1, -0.05) is 36.4 Å². The number of methoxy groups -OCH3 is 1. The highest BCUT2D eigenvalue weighted by atomic mass is 16.5. The highest BCUT2D eigenvalue weighted by molar-refractivity contribution is 5.86. The van der Waals surface area contributed by atoms with Gasteiger partial charge in [0.15, 0.2) is 17.1 Å². The minimum absolute atomic E-state index is 0.0643. The van der Waals surface area contributed by atoms with Gasteiger partial charge in [0.2, 0.25) is 0 Å². The van der Waals surface area contributed by atoms with Crippen LogP contribution in [0.25, 0.3) is 11.0 Å². The van der Waals surface area contributed by atoms with Gasteiger partial charge in [-0.2, -0.15) is 5.10 Å². The monoisotopic (exact) mass is 403 g/mol. The zero-order valence-corrected chi connectivity index (χ0v) is 17.5. The summed E-state index contributed by atoms with van der Waals surface area (Å²) in [5.41, 5.74) is 1.05. The van der Waals surface area contributed by atoms with Gasteiger partial charge in [0, 0.05) is 12.1 Å². The Bertz CT molecular complexity index is 1140. The predicted octanol–water partition coefficient (Wildman–Crippen LogP) is 4.85. The summed E-state index contributed by atoms with van der Waals surface area (Å²) < 4.78 is 11.5. The summed E-state index contributed by atoms with van der Waals surface area (Å²) >= 11 is 0. The summed E-state index contributed by atoms with van der Waals surface area (Å²) in [6.45, 7) is 5.98. The number of fused-ring (bicyclic) bond motifs is 1. The standard InChI is InChI=1S/C23H25N5O2/c1-15(16-9-6-5-7-10-16)25-20-19-14-24-28-21(19)27-22(26-20)23(2,3)30-18-12-8-11-17(13-18)29-4/h5-15H,1-4H3,(H2,24,25,26,27,28)/t15-/m0/s1. The molecular formula is C23H25N5O2. The topological polar surface area (TPSA) is 85.0 Å². The van der Waals surface area contributed by atoms with E-state index in [2.05, 4.69) is 39.6 Å². The fourth-order valence-electron chi connectivity index (χ4n) is 3.25. The molecule has 0 aliphatic heterocycles. The van der Waals surface area contributed by atoms with Crippen LogP contribution < -0.4 is 14.8 Å². The number of hydrogen-bond donors (Lipinski definition) is 2. The fourth-order valence-corrected chi connectivity index (χ4v) is 3.25. The van der Waals surface area contributed by atoms with Crippen LogP contribution >= 0.6 is 0 Å². The second-order valence-electron chi connectivity index (χ2n) is 7.60. The summed E-state index contributed by atoms with van der Waals surface area (Å²) in [7, 11) is 1.63. The minimum Gasteiger partial charge on any atom is -0.497 e.